The second-order valence-corrected chi connectivity index (χ2v) is 8.51. The largest absolute Gasteiger partial charge is 0.378 e. The molecular formula is C26H28N4O3. The molecule has 2 N–H and O–H groups in total. The molecule has 1 heterocycles. The number of carbonyl (C=O) groups is 3. The second kappa shape index (κ2) is 9.73. The maximum atomic E-state index is 13.2. The molecule has 3 amide bonds. The summed E-state index contributed by atoms with van der Waals surface area (Å²) in [6, 6.07) is 20.6. The van der Waals surface area contributed by atoms with E-state index in [1.165, 1.54) is 0 Å². The van der Waals surface area contributed by atoms with E-state index in [1.54, 1.807) is 23.1 Å². The van der Waals surface area contributed by atoms with E-state index in [0.717, 1.165) is 22.9 Å². The molecule has 7 heteroatoms. The standard InChI is InChI=1S/C26H28N4O3/c1-29(2)21-12-5-10-19(16-21)24(31)27-28-25(32)20-11-7-15-30(17-20)26(33)23-14-6-9-18-8-3-4-13-22(18)23/h3-6,8-10,12-14,16,20H,7,11,15,17H2,1-2H3,(H,27,31)(H,28,32)/t20-/m1/s1. The minimum Gasteiger partial charge on any atom is -0.378 e. The van der Waals surface area contributed by atoms with Crippen molar-refractivity contribution >= 4 is 34.2 Å². The summed E-state index contributed by atoms with van der Waals surface area (Å²) in [7, 11) is 3.79. The predicted molar refractivity (Wildman–Crippen MR) is 129 cm³/mol. The van der Waals surface area contributed by atoms with Gasteiger partial charge in [0.05, 0.1) is 5.92 Å². The van der Waals surface area contributed by atoms with Crippen molar-refractivity contribution in [1.82, 2.24) is 15.8 Å². The number of hydrazine groups is 1. The lowest BCUT2D eigenvalue weighted by atomic mass is 9.96. The molecule has 1 fully saturated rings. The van der Waals surface area contributed by atoms with Gasteiger partial charge in [0.15, 0.2) is 0 Å². The van der Waals surface area contributed by atoms with E-state index in [4.69, 9.17) is 0 Å². The normalized spacial score (nSPS) is 15.7. The minimum absolute atomic E-state index is 0.0752. The lowest BCUT2D eigenvalue weighted by molar-refractivity contribution is -0.127. The lowest BCUT2D eigenvalue weighted by Gasteiger charge is -2.32. The minimum atomic E-state index is -0.383. The lowest BCUT2D eigenvalue weighted by Crippen LogP contribution is -2.50. The van der Waals surface area contributed by atoms with Crippen LogP contribution in [0, 0.1) is 5.92 Å². The van der Waals surface area contributed by atoms with E-state index >= 15 is 0 Å². The Morgan fingerprint density at radius 2 is 1.70 bits per heavy atom. The van der Waals surface area contributed by atoms with E-state index in [-0.39, 0.29) is 23.6 Å². The number of likely N-dealkylation sites (tertiary alicyclic amines) is 1. The molecule has 0 spiro atoms. The summed E-state index contributed by atoms with van der Waals surface area (Å²) in [4.78, 5) is 42.1. The van der Waals surface area contributed by atoms with Crippen molar-refractivity contribution in [2.24, 2.45) is 5.92 Å². The van der Waals surface area contributed by atoms with E-state index in [1.807, 2.05) is 67.5 Å². The maximum Gasteiger partial charge on any atom is 0.269 e. The van der Waals surface area contributed by atoms with E-state index in [0.29, 0.717) is 30.6 Å². The molecule has 0 unspecified atom stereocenters. The van der Waals surface area contributed by atoms with Crippen LogP contribution in [0.15, 0.2) is 66.7 Å². The molecule has 1 atom stereocenters. The van der Waals surface area contributed by atoms with Gasteiger partial charge >= 0.3 is 0 Å². The summed E-state index contributed by atoms with van der Waals surface area (Å²) in [5.74, 6) is -1.13. The third-order valence-corrected chi connectivity index (χ3v) is 6.02. The van der Waals surface area contributed by atoms with Gasteiger partial charge < -0.3 is 9.80 Å². The topological polar surface area (TPSA) is 81.8 Å². The Hall–Kier alpha value is -3.87. The van der Waals surface area contributed by atoms with E-state index in [9.17, 15) is 14.4 Å². The molecule has 4 rings (SSSR count). The monoisotopic (exact) mass is 444 g/mol. The second-order valence-electron chi connectivity index (χ2n) is 8.51. The molecule has 0 bridgehead atoms. The van der Waals surface area contributed by atoms with Gasteiger partial charge in [-0.1, -0.05) is 42.5 Å². The molecule has 0 aromatic heterocycles. The van der Waals surface area contributed by atoms with Gasteiger partial charge in [-0.15, -0.1) is 0 Å². The highest BCUT2D eigenvalue weighted by Crippen LogP contribution is 2.23. The van der Waals surface area contributed by atoms with Crippen LogP contribution in [0.4, 0.5) is 5.69 Å². The molecule has 170 valence electrons. The smallest absolute Gasteiger partial charge is 0.269 e. The van der Waals surface area contributed by atoms with Crippen LogP contribution in [0.2, 0.25) is 0 Å². The molecule has 1 saturated heterocycles. The van der Waals surface area contributed by atoms with Crippen LogP contribution >= 0.6 is 0 Å². The van der Waals surface area contributed by atoms with Crippen molar-refractivity contribution in [2.75, 3.05) is 32.1 Å². The first kappa shape index (κ1) is 22.3. The Bertz CT molecular complexity index is 1190. The average molecular weight is 445 g/mol. The van der Waals surface area contributed by atoms with Crippen molar-refractivity contribution in [3.8, 4) is 0 Å². The summed E-state index contributed by atoms with van der Waals surface area (Å²) in [6.07, 6.45) is 1.39. The number of carbonyl (C=O) groups excluding carboxylic acids is 3. The number of benzene rings is 3. The Balaban J connectivity index is 1.39. The van der Waals surface area contributed by atoms with Gasteiger partial charge in [-0.3, -0.25) is 25.2 Å². The number of piperidine rings is 1. The maximum absolute atomic E-state index is 13.2. The van der Waals surface area contributed by atoms with Gasteiger partial charge in [0, 0.05) is 44.0 Å². The van der Waals surface area contributed by atoms with Crippen molar-refractivity contribution in [3.63, 3.8) is 0 Å². The van der Waals surface area contributed by atoms with Gasteiger partial charge in [0.1, 0.15) is 0 Å². The molecule has 0 saturated carbocycles. The summed E-state index contributed by atoms with van der Waals surface area (Å²) in [5, 5.41) is 1.92. The number of nitrogens with one attached hydrogen (secondary N) is 2. The fraction of sp³-hybridized carbons (Fsp3) is 0.269. The molecule has 7 nitrogen and oxygen atoms in total. The highest BCUT2D eigenvalue weighted by molar-refractivity contribution is 6.07. The molecular weight excluding hydrogens is 416 g/mol. The van der Waals surface area contributed by atoms with Gasteiger partial charge in [-0.05, 0) is 47.9 Å². The van der Waals surface area contributed by atoms with Crippen molar-refractivity contribution in [3.05, 3.63) is 77.9 Å². The summed E-state index contributed by atoms with van der Waals surface area (Å²) >= 11 is 0. The SMILES string of the molecule is CN(C)c1cccc(C(=O)NNC(=O)[C@@H]2CCCN(C(=O)c3cccc4ccccc34)C2)c1. The number of rotatable bonds is 4. The van der Waals surface area contributed by atoms with Crippen molar-refractivity contribution in [1.29, 1.82) is 0 Å². The first-order chi connectivity index (χ1) is 15.9. The fourth-order valence-electron chi connectivity index (χ4n) is 4.18. The number of fused-ring (bicyclic) bond motifs is 1. The van der Waals surface area contributed by atoms with Gasteiger partial charge in [0.25, 0.3) is 11.8 Å². The van der Waals surface area contributed by atoms with Crippen LogP contribution in [-0.2, 0) is 4.79 Å². The van der Waals surface area contributed by atoms with Crippen LogP contribution in [-0.4, -0.2) is 49.8 Å². The molecule has 1 aliphatic rings. The van der Waals surface area contributed by atoms with Crippen LogP contribution in [0.1, 0.15) is 33.6 Å². The van der Waals surface area contributed by atoms with Gasteiger partial charge in [0.2, 0.25) is 5.91 Å². The molecule has 3 aromatic rings. The average Bonchev–Trinajstić information content (AvgIpc) is 2.86. The zero-order valence-corrected chi connectivity index (χ0v) is 18.9. The van der Waals surface area contributed by atoms with Crippen molar-refractivity contribution in [2.45, 2.75) is 12.8 Å². The summed E-state index contributed by atoms with van der Waals surface area (Å²) < 4.78 is 0. The third-order valence-electron chi connectivity index (χ3n) is 6.02. The van der Waals surface area contributed by atoms with E-state index in [2.05, 4.69) is 10.9 Å². The Morgan fingerprint density at radius 3 is 2.52 bits per heavy atom. The zero-order valence-electron chi connectivity index (χ0n) is 18.9. The molecule has 3 aromatic carbocycles. The molecule has 0 aliphatic carbocycles. The number of amides is 3. The Morgan fingerprint density at radius 1 is 0.939 bits per heavy atom. The van der Waals surface area contributed by atoms with E-state index < -0.39 is 0 Å². The highest BCUT2D eigenvalue weighted by atomic mass is 16.2. The van der Waals surface area contributed by atoms with Gasteiger partial charge in [-0.25, -0.2) is 0 Å². The number of anilines is 1. The van der Waals surface area contributed by atoms with Crippen molar-refractivity contribution < 1.29 is 14.4 Å². The van der Waals surface area contributed by atoms with Crippen LogP contribution < -0.4 is 15.8 Å². The molecule has 33 heavy (non-hydrogen) atoms. The number of hydrogen-bond donors (Lipinski definition) is 2. The number of hydrogen-bond acceptors (Lipinski definition) is 4. The predicted octanol–water partition coefficient (Wildman–Crippen LogP) is 3.22. The summed E-state index contributed by atoms with van der Waals surface area (Å²) in [5.41, 5.74) is 7.03. The van der Waals surface area contributed by atoms with Gasteiger partial charge in [-0.2, -0.15) is 0 Å². The fourth-order valence-corrected chi connectivity index (χ4v) is 4.18. The van der Waals surface area contributed by atoms with Crippen LogP contribution in [0.3, 0.4) is 0 Å². The van der Waals surface area contributed by atoms with Crippen LogP contribution in [0.5, 0.6) is 0 Å². The quantitative estimate of drug-likeness (QED) is 0.606. The number of nitrogens with zero attached hydrogens (tertiary/aromatic N) is 2. The summed E-state index contributed by atoms with van der Waals surface area (Å²) in [6.45, 7) is 0.926. The first-order valence-corrected chi connectivity index (χ1v) is 11.1. The molecule has 0 radical (unpaired) electrons. The Kier molecular flexibility index (Phi) is 6.58. The first-order valence-electron chi connectivity index (χ1n) is 11.1. The Labute approximate surface area is 193 Å². The highest BCUT2D eigenvalue weighted by Gasteiger charge is 2.29. The third kappa shape index (κ3) is 4.98. The zero-order chi connectivity index (χ0) is 23.4. The molecule has 1 aliphatic heterocycles. The van der Waals surface area contributed by atoms with Crippen LogP contribution in [0.25, 0.3) is 10.8 Å².